The second kappa shape index (κ2) is 8.93. The Kier molecular flexibility index (Phi) is 6.60. The van der Waals surface area contributed by atoms with Crippen molar-refractivity contribution in [3.8, 4) is 11.5 Å². The first-order valence-electron chi connectivity index (χ1n) is 7.85. The highest BCUT2D eigenvalue weighted by molar-refractivity contribution is 5.69. The van der Waals surface area contributed by atoms with E-state index in [1.807, 2.05) is 31.2 Å². The Morgan fingerprint density at radius 2 is 1.57 bits per heavy atom. The fourth-order valence-corrected chi connectivity index (χ4v) is 2.19. The van der Waals surface area contributed by atoms with Crippen molar-refractivity contribution in [2.24, 2.45) is 0 Å². The highest BCUT2D eigenvalue weighted by Gasteiger charge is 2.02. The fraction of sp³-hybridized carbons (Fsp3) is 0.316. The third-order valence-corrected chi connectivity index (χ3v) is 3.37. The molecule has 122 valence electrons. The number of ether oxygens (including phenoxy) is 2. The van der Waals surface area contributed by atoms with Crippen LogP contribution < -0.4 is 4.74 Å². The van der Waals surface area contributed by atoms with Crippen LogP contribution in [0.2, 0.25) is 0 Å². The highest BCUT2D eigenvalue weighted by atomic mass is 19.1. The summed E-state index contributed by atoms with van der Waals surface area (Å²) < 4.78 is 23.4. The van der Waals surface area contributed by atoms with Crippen molar-refractivity contribution in [1.29, 1.82) is 0 Å². The van der Waals surface area contributed by atoms with Gasteiger partial charge < -0.3 is 9.47 Å². The van der Waals surface area contributed by atoms with Crippen LogP contribution in [0.15, 0.2) is 48.5 Å². The minimum absolute atomic E-state index is 0.129. The van der Waals surface area contributed by atoms with Crippen molar-refractivity contribution in [2.45, 2.75) is 32.6 Å². The van der Waals surface area contributed by atoms with Gasteiger partial charge in [0.2, 0.25) is 0 Å². The van der Waals surface area contributed by atoms with Gasteiger partial charge >= 0.3 is 5.97 Å². The van der Waals surface area contributed by atoms with E-state index in [0.717, 1.165) is 19.3 Å². The molecule has 0 atom stereocenters. The van der Waals surface area contributed by atoms with Crippen LogP contribution >= 0.6 is 0 Å². The average molecular weight is 316 g/mol. The molecule has 0 saturated heterocycles. The molecule has 0 radical (unpaired) electrons. The lowest BCUT2D eigenvalue weighted by molar-refractivity contribution is -0.143. The zero-order chi connectivity index (χ0) is 16.5. The summed E-state index contributed by atoms with van der Waals surface area (Å²) in [6.45, 7) is 2.25. The Bertz CT molecular complexity index is 606. The number of benzene rings is 2. The second-order valence-corrected chi connectivity index (χ2v) is 5.21. The molecule has 0 aromatic heterocycles. The van der Waals surface area contributed by atoms with E-state index in [-0.39, 0.29) is 11.8 Å². The van der Waals surface area contributed by atoms with Gasteiger partial charge in [0.25, 0.3) is 0 Å². The lowest BCUT2D eigenvalue weighted by Crippen LogP contribution is -2.03. The molecular formula is C19H21FO3. The molecule has 0 N–H and O–H groups in total. The first-order chi connectivity index (χ1) is 11.2. The normalized spacial score (nSPS) is 10.3. The smallest absolute Gasteiger partial charge is 0.305 e. The Balaban J connectivity index is 1.76. The van der Waals surface area contributed by atoms with Gasteiger partial charge in [0.05, 0.1) is 6.61 Å². The minimum atomic E-state index is -0.282. The number of rotatable bonds is 8. The van der Waals surface area contributed by atoms with E-state index in [0.29, 0.717) is 24.5 Å². The standard InChI is InChI=1S/C19H21FO3/c1-2-22-19(21)6-4-3-5-15-7-11-17(12-8-15)23-18-13-9-16(20)10-14-18/h7-14H,2-6H2,1H3. The van der Waals surface area contributed by atoms with Crippen molar-refractivity contribution in [1.82, 2.24) is 0 Å². The molecule has 2 rings (SSSR count). The molecule has 0 bridgehead atoms. The summed E-state index contributed by atoms with van der Waals surface area (Å²) in [7, 11) is 0. The van der Waals surface area contributed by atoms with E-state index in [4.69, 9.17) is 9.47 Å². The van der Waals surface area contributed by atoms with Crippen molar-refractivity contribution in [3.05, 3.63) is 59.9 Å². The number of carbonyl (C=O) groups is 1. The maximum atomic E-state index is 12.8. The molecule has 0 saturated carbocycles. The molecule has 23 heavy (non-hydrogen) atoms. The molecule has 0 fully saturated rings. The van der Waals surface area contributed by atoms with E-state index < -0.39 is 0 Å². The number of hydrogen-bond donors (Lipinski definition) is 0. The van der Waals surface area contributed by atoms with Gasteiger partial charge in [-0.2, -0.15) is 0 Å². The van der Waals surface area contributed by atoms with Crippen LogP contribution in [-0.4, -0.2) is 12.6 Å². The maximum absolute atomic E-state index is 12.8. The second-order valence-electron chi connectivity index (χ2n) is 5.21. The maximum Gasteiger partial charge on any atom is 0.305 e. The van der Waals surface area contributed by atoms with E-state index >= 15 is 0 Å². The summed E-state index contributed by atoms with van der Waals surface area (Å²) >= 11 is 0. The molecule has 0 unspecified atom stereocenters. The Morgan fingerprint density at radius 3 is 2.17 bits per heavy atom. The minimum Gasteiger partial charge on any atom is -0.466 e. The zero-order valence-electron chi connectivity index (χ0n) is 13.3. The van der Waals surface area contributed by atoms with E-state index in [1.54, 1.807) is 12.1 Å². The molecule has 3 nitrogen and oxygen atoms in total. The molecule has 0 aliphatic heterocycles. The van der Waals surface area contributed by atoms with Gasteiger partial charge in [-0.05, 0) is 68.1 Å². The Morgan fingerprint density at radius 1 is 0.957 bits per heavy atom. The molecule has 2 aromatic carbocycles. The number of aryl methyl sites for hydroxylation is 1. The van der Waals surface area contributed by atoms with Gasteiger partial charge in [-0.3, -0.25) is 4.79 Å². The Hall–Kier alpha value is -2.36. The molecule has 0 spiro atoms. The van der Waals surface area contributed by atoms with Gasteiger partial charge in [0, 0.05) is 6.42 Å². The van der Waals surface area contributed by atoms with Gasteiger partial charge in [0.1, 0.15) is 17.3 Å². The highest BCUT2D eigenvalue weighted by Crippen LogP contribution is 2.22. The summed E-state index contributed by atoms with van der Waals surface area (Å²) in [6, 6.07) is 13.7. The SMILES string of the molecule is CCOC(=O)CCCCc1ccc(Oc2ccc(F)cc2)cc1. The zero-order valence-corrected chi connectivity index (χ0v) is 13.3. The van der Waals surface area contributed by atoms with Crippen LogP contribution in [0.4, 0.5) is 4.39 Å². The van der Waals surface area contributed by atoms with Gasteiger partial charge in [-0.1, -0.05) is 12.1 Å². The van der Waals surface area contributed by atoms with E-state index in [9.17, 15) is 9.18 Å². The average Bonchev–Trinajstić information content (AvgIpc) is 2.55. The third kappa shape index (κ3) is 6.10. The van der Waals surface area contributed by atoms with Gasteiger partial charge in [0.15, 0.2) is 0 Å². The predicted molar refractivity (Wildman–Crippen MR) is 87.1 cm³/mol. The lowest BCUT2D eigenvalue weighted by atomic mass is 10.1. The van der Waals surface area contributed by atoms with Gasteiger partial charge in [-0.25, -0.2) is 4.39 Å². The quantitative estimate of drug-likeness (QED) is 0.513. The van der Waals surface area contributed by atoms with Crippen LogP contribution in [0.25, 0.3) is 0 Å². The van der Waals surface area contributed by atoms with Crippen molar-refractivity contribution < 1.29 is 18.7 Å². The fourth-order valence-electron chi connectivity index (χ4n) is 2.19. The molecule has 0 amide bonds. The summed E-state index contributed by atoms with van der Waals surface area (Å²) in [5.74, 6) is 0.909. The molecule has 0 aliphatic rings. The molecule has 4 heteroatoms. The predicted octanol–water partition coefficient (Wildman–Crippen LogP) is 4.89. The van der Waals surface area contributed by atoms with Crippen LogP contribution in [0, 0.1) is 5.82 Å². The monoisotopic (exact) mass is 316 g/mol. The van der Waals surface area contributed by atoms with Crippen LogP contribution in [0.5, 0.6) is 11.5 Å². The number of unbranched alkanes of at least 4 members (excludes halogenated alkanes) is 1. The topological polar surface area (TPSA) is 35.5 Å². The number of halogens is 1. The summed E-state index contributed by atoms with van der Waals surface area (Å²) in [5, 5.41) is 0. The van der Waals surface area contributed by atoms with E-state index in [2.05, 4.69) is 0 Å². The van der Waals surface area contributed by atoms with E-state index in [1.165, 1.54) is 17.7 Å². The number of hydrogen-bond acceptors (Lipinski definition) is 3. The summed E-state index contributed by atoms with van der Waals surface area (Å²) in [5.41, 5.74) is 1.19. The third-order valence-electron chi connectivity index (χ3n) is 3.37. The summed E-state index contributed by atoms with van der Waals surface area (Å²) in [4.78, 5) is 11.2. The first-order valence-corrected chi connectivity index (χ1v) is 7.85. The van der Waals surface area contributed by atoms with Crippen LogP contribution in [0.1, 0.15) is 31.7 Å². The molecule has 2 aromatic rings. The van der Waals surface area contributed by atoms with Crippen molar-refractivity contribution in [3.63, 3.8) is 0 Å². The first kappa shape index (κ1) is 17.0. The Labute approximate surface area is 136 Å². The number of carbonyl (C=O) groups excluding carboxylic acids is 1. The molecule has 0 aliphatic carbocycles. The number of esters is 1. The van der Waals surface area contributed by atoms with Crippen LogP contribution in [0.3, 0.4) is 0 Å². The summed E-state index contributed by atoms with van der Waals surface area (Å²) in [6.07, 6.45) is 3.15. The molecule has 0 heterocycles. The van der Waals surface area contributed by atoms with Crippen molar-refractivity contribution in [2.75, 3.05) is 6.61 Å². The van der Waals surface area contributed by atoms with Gasteiger partial charge in [-0.15, -0.1) is 0 Å². The largest absolute Gasteiger partial charge is 0.466 e. The molecular weight excluding hydrogens is 295 g/mol. The van der Waals surface area contributed by atoms with Crippen molar-refractivity contribution >= 4 is 5.97 Å². The lowest BCUT2D eigenvalue weighted by Gasteiger charge is -2.07. The van der Waals surface area contributed by atoms with Crippen LogP contribution in [-0.2, 0) is 16.0 Å².